The zero-order chi connectivity index (χ0) is 13.8. The summed E-state index contributed by atoms with van der Waals surface area (Å²) in [5.41, 5.74) is 2.44. The molecule has 0 saturated heterocycles. The van der Waals surface area contributed by atoms with Crippen molar-refractivity contribution >= 4 is 17.4 Å². The lowest BCUT2D eigenvalue weighted by Gasteiger charge is -2.07. The minimum absolute atomic E-state index is 0.0187. The summed E-state index contributed by atoms with van der Waals surface area (Å²) in [7, 11) is 0. The quantitative estimate of drug-likeness (QED) is 0.618. The lowest BCUT2D eigenvalue weighted by Crippen LogP contribution is -2.03. The van der Waals surface area contributed by atoms with E-state index in [-0.39, 0.29) is 5.78 Å². The van der Waals surface area contributed by atoms with Crippen LogP contribution < -0.4 is 0 Å². The van der Waals surface area contributed by atoms with Crippen LogP contribution in [0.2, 0.25) is 5.15 Å². The number of benzene rings is 1. The van der Waals surface area contributed by atoms with E-state index in [1.165, 1.54) is 11.8 Å². The van der Waals surface area contributed by atoms with Crippen molar-refractivity contribution in [1.82, 2.24) is 4.98 Å². The monoisotopic (exact) mass is 273 g/mol. The third kappa shape index (κ3) is 3.65. The van der Waals surface area contributed by atoms with Gasteiger partial charge in [0.15, 0.2) is 5.78 Å². The molecule has 0 radical (unpaired) electrons. The van der Waals surface area contributed by atoms with Crippen LogP contribution in [-0.2, 0) is 6.42 Å². The van der Waals surface area contributed by atoms with Gasteiger partial charge in [0.25, 0.3) is 0 Å². The summed E-state index contributed by atoms with van der Waals surface area (Å²) in [6.45, 7) is 4.33. The molecule has 2 aromatic rings. The highest BCUT2D eigenvalue weighted by Crippen LogP contribution is 2.15. The molecule has 0 aliphatic heterocycles. The van der Waals surface area contributed by atoms with Crippen LogP contribution in [0.4, 0.5) is 0 Å². The molecule has 0 spiro atoms. The Bertz CT molecular complexity index is 576. The summed E-state index contributed by atoms with van der Waals surface area (Å²) < 4.78 is 0. The average molecular weight is 274 g/mol. The number of hydrogen-bond acceptors (Lipinski definition) is 2. The van der Waals surface area contributed by atoms with Gasteiger partial charge < -0.3 is 0 Å². The summed E-state index contributed by atoms with van der Waals surface area (Å²) in [6, 6.07) is 11.1. The van der Waals surface area contributed by atoms with Gasteiger partial charge in [0.2, 0.25) is 0 Å². The Morgan fingerprint density at radius 3 is 2.63 bits per heavy atom. The van der Waals surface area contributed by atoms with E-state index < -0.39 is 0 Å². The number of carbonyl (C=O) groups is 1. The van der Waals surface area contributed by atoms with Crippen molar-refractivity contribution in [3.8, 4) is 0 Å². The van der Waals surface area contributed by atoms with Gasteiger partial charge in [0.05, 0.1) is 0 Å². The first-order valence-electron chi connectivity index (χ1n) is 6.31. The van der Waals surface area contributed by atoms with Gasteiger partial charge in [-0.2, -0.15) is 0 Å². The average Bonchev–Trinajstić information content (AvgIpc) is 2.38. The molecule has 0 fully saturated rings. The third-order valence-electron chi connectivity index (χ3n) is 2.82. The van der Waals surface area contributed by atoms with E-state index in [9.17, 15) is 4.79 Å². The molecule has 0 aliphatic carbocycles. The lowest BCUT2D eigenvalue weighted by molar-refractivity contribution is 0.103. The fourth-order valence-electron chi connectivity index (χ4n) is 1.99. The Kier molecular flexibility index (Phi) is 4.33. The number of carbonyl (C=O) groups excluding carboxylic acids is 1. The second-order valence-corrected chi connectivity index (χ2v) is 5.38. The molecule has 19 heavy (non-hydrogen) atoms. The maximum Gasteiger partial charge on any atom is 0.194 e. The van der Waals surface area contributed by atoms with Crippen molar-refractivity contribution in [3.63, 3.8) is 0 Å². The van der Waals surface area contributed by atoms with Crippen LogP contribution in [0.25, 0.3) is 0 Å². The van der Waals surface area contributed by atoms with Gasteiger partial charge in [-0.25, -0.2) is 4.98 Å². The normalized spacial score (nSPS) is 10.7. The lowest BCUT2D eigenvalue weighted by atomic mass is 9.98. The third-order valence-corrected chi connectivity index (χ3v) is 3.05. The molecule has 0 bridgehead atoms. The van der Waals surface area contributed by atoms with Crippen LogP contribution in [0.3, 0.4) is 0 Å². The van der Waals surface area contributed by atoms with Gasteiger partial charge in [0.1, 0.15) is 5.15 Å². The predicted octanol–water partition coefficient (Wildman–Crippen LogP) is 4.16. The van der Waals surface area contributed by atoms with E-state index in [1.807, 2.05) is 18.2 Å². The van der Waals surface area contributed by atoms with E-state index in [1.54, 1.807) is 12.1 Å². The Hall–Kier alpha value is -1.67. The van der Waals surface area contributed by atoms with Gasteiger partial charge in [-0.05, 0) is 36.1 Å². The smallest absolute Gasteiger partial charge is 0.194 e. The van der Waals surface area contributed by atoms with E-state index in [2.05, 4.69) is 24.9 Å². The first-order valence-corrected chi connectivity index (χ1v) is 6.69. The molecule has 2 nitrogen and oxygen atoms in total. The molecule has 0 N–H and O–H groups in total. The number of halogens is 1. The SMILES string of the molecule is CC(C)Cc1cccc(C(=O)c2ccc(Cl)nc2)c1. The molecule has 3 heteroatoms. The van der Waals surface area contributed by atoms with Crippen molar-refractivity contribution in [3.05, 3.63) is 64.4 Å². The Balaban J connectivity index is 2.26. The highest BCUT2D eigenvalue weighted by Gasteiger charge is 2.10. The number of rotatable bonds is 4. The molecule has 0 amide bonds. The van der Waals surface area contributed by atoms with Crippen LogP contribution in [0.5, 0.6) is 0 Å². The van der Waals surface area contributed by atoms with Crippen LogP contribution in [0, 0.1) is 5.92 Å². The largest absolute Gasteiger partial charge is 0.289 e. The van der Waals surface area contributed by atoms with Gasteiger partial charge in [0, 0.05) is 17.3 Å². The van der Waals surface area contributed by atoms with Crippen molar-refractivity contribution in [1.29, 1.82) is 0 Å². The molecular formula is C16H16ClNO. The minimum atomic E-state index is -0.0187. The number of ketones is 1. The molecule has 0 aliphatic rings. The molecule has 1 aromatic carbocycles. The fourth-order valence-corrected chi connectivity index (χ4v) is 2.10. The van der Waals surface area contributed by atoms with Crippen LogP contribution in [-0.4, -0.2) is 10.8 Å². The number of aromatic nitrogens is 1. The Morgan fingerprint density at radius 2 is 2.00 bits per heavy atom. The second-order valence-electron chi connectivity index (χ2n) is 5.00. The number of nitrogens with zero attached hydrogens (tertiary/aromatic N) is 1. The molecule has 0 atom stereocenters. The Morgan fingerprint density at radius 1 is 1.21 bits per heavy atom. The molecule has 1 heterocycles. The van der Waals surface area contributed by atoms with E-state index >= 15 is 0 Å². The summed E-state index contributed by atoms with van der Waals surface area (Å²) in [5.74, 6) is 0.553. The Labute approximate surface area is 118 Å². The summed E-state index contributed by atoms with van der Waals surface area (Å²) in [4.78, 5) is 16.3. The number of pyridine rings is 1. The summed E-state index contributed by atoms with van der Waals surface area (Å²) in [6.07, 6.45) is 2.49. The van der Waals surface area contributed by atoms with Crippen molar-refractivity contribution in [2.45, 2.75) is 20.3 Å². The van der Waals surface area contributed by atoms with Gasteiger partial charge in [-0.1, -0.05) is 43.6 Å². The topological polar surface area (TPSA) is 30.0 Å². The maximum absolute atomic E-state index is 12.3. The van der Waals surface area contributed by atoms with Gasteiger partial charge in [-0.3, -0.25) is 4.79 Å². The molecule has 98 valence electrons. The summed E-state index contributed by atoms with van der Waals surface area (Å²) in [5, 5.41) is 0.394. The van der Waals surface area contributed by atoms with Crippen LogP contribution in [0.1, 0.15) is 35.3 Å². The van der Waals surface area contributed by atoms with E-state index in [0.717, 1.165) is 6.42 Å². The molecule has 0 unspecified atom stereocenters. The summed E-state index contributed by atoms with van der Waals surface area (Å²) >= 11 is 5.72. The van der Waals surface area contributed by atoms with Crippen molar-refractivity contribution in [2.24, 2.45) is 5.92 Å². The molecule has 1 aromatic heterocycles. The van der Waals surface area contributed by atoms with Crippen molar-refractivity contribution < 1.29 is 4.79 Å². The maximum atomic E-state index is 12.3. The first kappa shape index (κ1) is 13.8. The van der Waals surface area contributed by atoms with Crippen molar-refractivity contribution in [2.75, 3.05) is 0 Å². The molecule has 0 saturated carbocycles. The molecule has 2 rings (SSSR count). The standard InChI is InChI=1S/C16H16ClNO/c1-11(2)8-12-4-3-5-13(9-12)16(19)14-6-7-15(17)18-10-14/h3-7,9-11H,8H2,1-2H3. The zero-order valence-electron chi connectivity index (χ0n) is 11.1. The van der Waals surface area contributed by atoms with Crippen LogP contribution >= 0.6 is 11.6 Å². The highest BCUT2D eigenvalue weighted by atomic mass is 35.5. The minimum Gasteiger partial charge on any atom is -0.289 e. The highest BCUT2D eigenvalue weighted by molar-refractivity contribution is 6.29. The van der Waals surface area contributed by atoms with E-state index in [0.29, 0.717) is 22.2 Å². The number of hydrogen-bond donors (Lipinski definition) is 0. The zero-order valence-corrected chi connectivity index (χ0v) is 11.8. The second kappa shape index (κ2) is 5.98. The fraction of sp³-hybridized carbons (Fsp3) is 0.250. The van der Waals surface area contributed by atoms with E-state index in [4.69, 9.17) is 11.6 Å². The van der Waals surface area contributed by atoms with Crippen LogP contribution in [0.15, 0.2) is 42.6 Å². The first-order chi connectivity index (χ1) is 9.06. The predicted molar refractivity (Wildman–Crippen MR) is 77.7 cm³/mol. The van der Waals surface area contributed by atoms with Gasteiger partial charge in [-0.15, -0.1) is 0 Å². The molecular weight excluding hydrogens is 258 g/mol. The van der Waals surface area contributed by atoms with Gasteiger partial charge >= 0.3 is 0 Å².